The highest BCUT2D eigenvalue weighted by atomic mass is 16.1. The number of carbonyl (C=O) groups excluding carboxylic acids is 2. The van der Waals surface area contributed by atoms with Gasteiger partial charge in [-0.3, -0.25) is 9.59 Å². The zero-order valence-electron chi connectivity index (χ0n) is 23.2. The predicted molar refractivity (Wildman–Crippen MR) is 163 cm³/mol. The van der Waals surface area contributed by atoms with Gasteiger partial charge in [-0.15, -0.1) is 0 Å². The Bertz CT molecular complexity index is 1470. The molecule has 0 N–H and O–H groups in total. The lowest BCUT2D eigenvalue weighted by atomic mass is 9.94. The van der Waals surface area contributed by atoms with Gasteiger partial charge >= 0.3 is 0 Å². The smallest absolute Gasteiger partial charge is 0.193 e. The summed E-state index contributed by atoms with van der Waals surface area (Å²) >= 11 is 0. The van der Waals surface area contributed by atoms with E-state index in [9.17, 15) is 9.59 Å². The van der Waals surface area contributed by atoms with E-state index in [1.54, 1.807) is 0 Å². The molecule has 0 amide bonds. The maximum Gasteiger partial charge on any atom is 0.193 e. The van der Waals surface area contributed by atoms with Crippen LogP contribution in [-0.2, 0) is 25.7 Å². The molecular formula is C38H34O2. The Morgan fingerprint density at radius 2 is 0.700 bits per heavy atom. The first-order valence-electron chi connectivity index (χ1n) is 13.9. The molecule has 5 aromatic carbocycles. The van der Waals surface area contributed by atoms with Gasteiger partial charge in [-0.05, 0) is 61.8 Å². The Morgan fingerprint density at radius 1 is 0.400 bits per heavy atom. The Labute approximate surface area is 237 Å². The van der Waals surface area contributed by atoms with Crippen LogP contribution in [0.3, 0.4) is 0 Å². The van der Waals surface area contributed by atoms with Gasteiger partial charge in [0.2, 0.25) is 0 Å². The molecule has 0 unspecified atom stereocenters. The normalized spacial score (nSPS) is 10.8. The van der Waals surface area contributed by atoms with Gasteiger partial charge in [0.25, 0.3) is 0 Å². The lowest BCUT2D eigenvalue weighted by Crippen LogP contribution is -2.03. The summed E-state index contributed by atoms with van der Waals surface area (Å²) in [6.45, 7) is 4.05. The summed E-state index contributed by atoms with van der Waals surface area (Å²) in [7, 11) is 0. The van der Waals surface area contributed by atoms with Crippen LogP contribution in [-0.4, -0.2) is 11.6 Å². The summed E-state index contributed by atoms with van der Waals surface area (Å²) < 4.78 is 0. The molecule has 198 valence electrons. The summed E-state index contributed by atoms with van der Waals surface area (Å²) in [5, 5.41) is 0. The largest absolute Gasteiger partial charge is 0.289 e. The number of hydrogen-bond acceptors (Lipinski definition) is 2. The summed E-state index contributed by atoms with van der Waals surface area (Å²) in [5.41, 5.74) is 10.3. The molecule has 0 spiro atoms. The van der Waals surface area contributed by atoms with Gasteiger partial charge in [-0.1, -0.05) is 132 Å². The minimum atomic E-state index is 0.0597. The van der Waals surface area contributed by atoms with Crippen molar-refractivity contribution in [2.24, 2.45) is 0 Å². The average Bonchev–Trinajstić information content (AvgIpc) is 3.00. The van der Waals surface area contributed by atoms with Crippen molar-refractivity contribution in [1.82, 2.24) is 0 Å². The van der Waals surface area contributed by atoms with Crippen molar-refractivity contribution in [1.29, 1.82) is 0 Å². The Kier molecular flexibility index (Phi) is 8.47. The van der Waals surface area contributed by atoms with Gasteiger partial charge < -0.3 is 0 Å². The van der Waals surface area contributed by atoms with E-state index in [0.717, 1.165) is 59.1 Å². The van der Waals surface area contributed by atoms with Gasteiger partial charge in [-0.25, -0.2) is 0 Å². The SMILES string of the molecule is Cc1ccc(C(=O)c2ccc(CCc3ccccc3CCc3ccc(C(=O)c4ccc(C)cc4)cc3)cc2)cc1. The first-order chi connectivity index (χ1) is 19.5. The molecule has 0 fully saturated rings. The molecule has 2 heteroatoms. The zero-order chi connectivity index (χ0) is 27.9. The molecule has 0 atom stereocenters. The van der Waals surface area contributed by atoms with E-state index < -0.39 is 0 Å². The third-order valence-electron chi connectivity index (χ3n) is 7.54. The molecular weight excluding hydrogens is 488 g/mol. The van der Waals surface area contributed by atoms with Crippen LogP contribution in [0.2, 0.25) is 0 Å². The number of carbonyl (C=O) groups is 2. The van der Waals surface area contributed by atoms with Gasteiger partial charge in [0, 0.05) is 22.3 Å². The molecule has 0 saturated carbocycles. The van der Waals surface area contributed by atoms with Crippen molar-refractivity contribution in [2.75, 3.05) is 0 Å². The van der Waals surface area contributed by atoms with Crippen LogP contribution in [0.1, 0.15) is 65.2 Å². The van der Waals surface area contributed by atoms with E-state index in [1.807, 2.05) is 86.6 Å². The van der Waals surface area contributed by atoms with Crippen molar-refractivity contribution >= 4 is 11.6 Å². The molecule has 0 radical (unpaired) electrons. The van der Waals surface area contributed by atoms with E-state index >= 15 is 0 Å². The summed E-state index contributed by atoms with van der Waals surface area (Å²) in [4.78, 5) is 25.6. The van der Waals surface area contributed by atoms with E-state index in [-0.39, 0.29) is 11.6 Å². The van der Waals surface area contributed by atoms with Crippen LogP contribution in [0.4, 0.5) is 0 Å². The van der Waals surface area contributed by atoms with Crippen molar-refractivity contribution < 1.29 is 9.59 Å². The van der Waals surface area contributed by atoms with Gasteiger partial charge in [-0.2, -0.15) is 0 Å². The number of aryl methyl sites for hydroxylation is 6. The number of rotatable bonds is 10. The maximum atomic E-state index is 12.8. The molecule has 0 aliphatic carbocycles. The molecule has 0 aliphatic rings. The number of ketones is 2. The van der Waals surface area contributed by atoms with E-state index in [4.69, 9.17) is 0 Å². The fourth-order valence-electron chi connectivity index (χ4n) is 4.99. The van der Waals surface area contributed by atoms with Gasteiger partial charge in [0.15, 0.2) is 11.6 Å². The predicted octanol–water partition coefficient (Wildman–Crippen LogP) is 8.34. The second-order valence-corrected chi connectivity index (χ2v) is 10.6. The molecule has 0 bridgehead atoms. The molecule has 0 saturated heterocycles. The lowest BCUT2D eigenvalue weighted by Gasteiger charge is -2.11. The van der Waals surface area contributed by atoms with Crippen molar-refractivity contribution in [3.05, 3.63) is 177 Å². The van der Waals surface area contributed by atoms with Gasteiger partial charge in [0.1, 0.15) is 0 Å². The first-order valence-corrected chi connectivity index (χ1v) is 13.9. The van der Waals surface area contributed by atoms with Crippen LogP contribution in [0.5, 0.6) is 0 Å². The molecule has 5 rings (SSSR count). The number of benzene rings is 5. The van der Waals surface area contributed by atoms with Crippen LogP contribution in [0.15, 0.2) is 121 Å². The lowest BCUT2D eigenvalue weighted by molar-refractivity contribution is 0.103. The quantitative estimate of drug-likeness (QED) is 0.173. The minimum absolute atomic E-state index is 0.0597. The first kappa shape index (κ1) is 27.0. The highest BCUT2D eigenvalue weighted by molar-refractivity contribution is 6.09. The molecule has 0 aromatic heterocycles. The van der Waals surface area contributed by atoms with E-state index in [2.05, 4.69) is 48.5 Å². The van der Waals surface area contributed by atoms with E-state index in [1.165, 1.54) is 22.3 Å². The third kappa shape index (κ3) is 6.71. The highest BCUT2D eigenvalue weighted by Gasteiger charge is 2.11. The highest BCUT2D eigenvalue weighted by Crippen LogP contribution is 2.18. The fraction of sp³-hybridized carbons (Fsp3) is 0.158. The number of hydrogen-bond donors (Lipinski definition) is 0. The minimum Gasteiger partial charge on any atom is -0.289 e. The second-order valence-electron chi connectivity index (χ2n) is 10.6. The Balaban J connectivity index is 1.18. The maximum absolute atomic E-state index is 12.8. The second kappa shape index (κ2) is 12.5. The van der Waals surface area contributed by atoms with Crippen molar-refractivity contribution in [3.63, 3.8) is 0 Å². The molecule has 2 nitrogen and oxygen atoms in total. The van der Waals surface area contributed by atoms with Crippen molar-refractivity contribution in [2.45, 2.75) is 39.5 Å². The van der Waals surface area contributed by atoms with Crippen LogP contribution >= 0.6 is 0 Å². The van der Waals surface area contributed by atoms with Crippen LogP contribution in [0.25, 0.3) is 0 Å². The molecule has 40 heavy (non-hydrogen) atoms. The monoisotopic (exact) mass is 522 g/mol. The topological polar surface area (TPSA) is 34.1 Å². The summed E-state index contributed by atoms with van der Waals surface area (Å²) in [5.74, 6) is 0.119. The molecule has 5 aromatic rings. The third-order valence-corrected chi connectivity index (χ3v) is 7.54. The van der Waals surface area contributed by atoms with Gasteiger partial charge in [0.05, 0.1) is 0 Å². The fourth-order valence-corrected chi connectivity index (χ4v) is 4.99. The molecule has 0 heterocycles. The standard InChI is InChI=1S/C38H34O2/c1-27-7-17-33(18-8-27)37(39)35-23-13-29(14-24-35)11-21-31-5-3-4-6-32(31)22-12-30-15-25-36(26-16-30)38(40)34-19-9-28(2)10-20-34/h3-10,13-20,23-26H,11-12,21-22H2,1-2H3. The Morgan fingerprint density at radius 3 is 1.02 bits per heavy atom. The van der Waals surface area contributed by atoms with E-state index in [0.29, 0.717) is 0 Å². The Hall–Kier alpha value is -4.56. The van der Waals surface area contributed by atoms with Crippen LogP contribution in [0, 0.1) is 13.8 Å². The van der Waals surface area contributed by atoms with Crippen molar-refractivity contribution in [3.8, 4) is 0 Å². The average molecular weight is 523 g/mol. The molecule has 0 aliphatic heterocycles. The summed E-state index contributed by atoms with van der Waals surface area (Å²) in [6, 6.07) is 40.2. The zero-order valence-corrected chi connectivity index (χ0v) is 23.2. The van der Waals surface area contributed by atoms with Crippen LogP contribution < -0.4 is 0 Å². The summed E-state index contributed by atoms with van der Waals surface area (Å²) in [6.07, 6.45) is 3.74.